The molecule has 6 rings (SSSR count). The van der Waals surface area contributed by atoms with Crippen LogP contribution >= 0.6 is 7.60 Å². The van der Waals surface area contributed by atoms with Crippen LogP contribution in [0.2, 0.25) is 0 Å². The first-order valence-corrected chi connectivity index (χ1v) is 18.1. The Hall–Kier alpha value is -3.89. The van der Waals surface area contributed by atoms with Crippen LogP contribution in [0, 0.1) is 0 Å². The highest BCUT2D eigenvalue weighted by Gasteiger charge is 2.61. The van der Waals surface area contributed by atoms with E-state index in [0.29, 0.717) is 11.2 Å². The molecule has 2 fully saturated rings. The molecule has 0 amide bonds. The number of ether oxygens (including phenoxy) is 4. The molecule has 2 aromatic carbocycles. The number of nitrogen functional groups attached to an aromatic ring is 1. The van der Waals surface area contributed by atoms with Crippen molar-refractivity contribution in [2.45, 2.75) is 77.2 Å². The summed E-state index contributed by atoms with van der Waals surface area (Å²) in [5, 5.41) is 0. The zero-order valence-corrected chi connectivity index (χ0v) is 29.9. The number of halogens is 2. The maximum Gasteiger partial charge on any atom is 0.407 e. The molecule has 0 aliphatic carbocycles. The second-order valence-electron chi connectivity index (χ2n) is 12.3. The third-order valence-corrected chi connectivity index (χ3v) is 9.95. The van der Waals surface area contributed by atoms with Crippen LogP contribution in [0.1, 0.15) is 56.8 Å². The van der Waals surface area contributed by atoms with Gasteiger partial charge in [-0.05, 0) is 51.2 Å². The molecule has 3 N–H and O–H groups in total. The predicted octanol–water partition coefficient (Wildman–Crippen LogP) is 5.43. The molecule has 2 saturated heterocycles. The molecule has 2 aliphatic heterocycles. The number of hydrogen-bond acceptors (Lipinski definition) is 12. The largest absolute Gasteiger partial charge is 0.488 e. The molecule has 5 atom stereocenters. The van der Waals surface area contributed by atoms with E-state index in [0.717, 1.165) is 11.6 Å². The lowest BCUT2D eigenvalue weighted by Crippen LogP contribution is -2.35. The minimum atomic E-state index is -5.93. The third-order valence-electron chi connectivity index (χ3n) is 8.54. The molecule has 4 aromatic rings. The van der Waals surface area contributed by atoms with Gasteiger partial charge in [0.2, 0.25) is 5.78 Å². The van der Waals surface area contributed by atoms with E-state index in [2.05, 4.69) is 40.6 Å². The van der Waals surface area contributed by atoms with Gasteiger partial charge in [0.05, 0.1) is 18.5 Å². The Morgan fingerprint density at radius 1 is 1.02 bits per heavy atom. The first-order valence-electron chi connectivity index (χ1n) is 16.5. The van der Waals surface area contributed by atoms with Gasteiger partial charge in [0.1, 0.15) is 42.5 Å². The number of ketones is 1. The van der Waals surface area contributed by atoms with Gasteiger partial charge in [0.15, 0.2) is 23.5 Å². The highest BCUT2D eigenvalue weighted by molar-refractivity contribution is 7.55. The van der Waals surface area contributed by atoms with Crippen LogP contribution < -0.4 is 10.5 Å². The Bertz CT molecular complexity index is 1840. The number of alkyl halides is 2. The number of hydrogen-bond donors (Lipinski definition) is 2. The lowest BCUT2D eigenvalue weighted by molar-refractivity contribution is -0.199. The molecule has 4 heterocycles. The van der Waals surface area contributed by atoms with Gasteiger partial charge < -0.3 is 39.0 Å². The summed E-state index contributed by atoms with van der Waals surface area (Å²) in [7, 11) is -5.93. The minimum absolute atomic E-state index is 0.0179. The maximum absolute atomic E-state index is 15.4. The number of para-hydroxylation sites is 1. The van der Waals surface area contributed by atoms with E-state index in [1.54, 1.807) is 44.2 Å². The molecular weight excluding hydrogens is 689 g/mol. The number of rotatable bonds is 13. The van der Waals surface area contributed by atoms with E-state index in [1.165, 1.54) is 55.1 Å². The first kappa shape index (κ1) is 38.3. The summed E-state index contributed by atoms with van der Waals surface area (Å²) in [6.07, 6.45) is -1.16. The summed E-state index contributed by atoms with van der Waals surface area (Å²) in [6.45, 7) is 12.6. The van der Waals surface area contributed by atoms with E-state index < -0.39 is 61.5 Å². The van der Waals surface area contributed by atoms with Crippen molar-refractivity contribution in [3.8, 4) is 5.75 Å². The summed E-state index contributed by atoms with van der Waals surface area (Å²) in [4.78, 5) is 38.2. The normalized spacial score (nSPS) is 22.3. The highest BCUT2D eigenvalue weighted by atomic mass is 31.2. The molecule has 1 unspecified atom stereocenters. The van der Waals surface area contributed by atoms with Gasteiger partial charge in [0, 0.05) is 0 Å². The second-order valence-corrected chi connectivity index (χ2v) is 14.1. The number of carbonyl (C=O) groups excluding carboxylic acids is 1. The number of nitrogens with two attached hydrogens (primary N) is 1. The van der Waals surface area contributed by atoms with Crippen LogP contribution in [0.3, 0.4) is 0 Å². The van der Waals surface area contributed by atoms with Crippen LogP contribution in [-0.4, -0.2) is 91.1 Å². The Balaban J connectivity index is 0.000000654. The van der Waals surface area contributed by atoms with Crippen molar-refractivity contribution >= 4 is 30.4 Å². The van der Waals surface area contributed by atoms with Gasteiger partial charge >= 0.3 is 13.3 Å². The van der Waals surface area contributed by atoms with Gasteiger partial charge in [0.25, 0.3) is 0 Å². The molecule has 276 valence electrons. The van der Waals surface area contributed by atoms with Crippen molar-refractivity contribution in [1.29, 1.82) is 0 Å². The molecule has 0 radical (unpaired) electrons. The average molecular weight is 733 g/mol. The summed E-state index contributed by atoms with van der Waals surface area (Å²) < 4.78 is 73.8. The van der Waals surface area contributed by atoms with Crippen LogP contribution in [0.5, 0.6) is 5.75 Å². The van der Waals surface area contributed by atoms with Crippen molar-refractivity contribution in [2.24, 2.45) is 0 Å². The highest BCUT2D eigenvalue weighted by Crippen LogP contribution is 2.59. The second kappa shape index (κ2) is 15.8. The standard InChI is InChI=1S/C28H28F2N5O8P.C6H15N/c1-27(2)42-21-19(41-26(22(21)43-27)35-15-34-20-24(31)32-14-33-25(20)35)13-40-44(37,38)28(29,30)23(36)17-10-6-7-11-18(17)39-12-16-8-4-3-5-9-16;1-4-7(5-2)6-3/h3-11,14-15,19,21-22,26H,12-13H2,1-2H3,(H,37,38)(H2,31,32,33);4-6H2,1-3H3/t19-,21-,22-,26-;/m1./s1. The van der Waals surface area contributed by atoms with Crippen LogP contribution in [-0.2, 0) is 29.9 Å². The van der Waals surface area contributed by atoms with Crippen LogP contribution in [0.4, 0.5) is 14.6 Å². The molecule has 0 saturated carbocycles. The monoisotopic (exact) mass is 732 g/mol. The summed E-state index contributed by atoms with van der Waals surface area (Å²) >= 11 is 0. The van der Waals surface area contributed by atoms with E-state index in [1.807, 2.05) is 0 Å². The van der Waals surface area contributed by atoms with Crippen molar-refractivity contribution in [1.82, 2.24) is 24.4 Å². The molecular formula is C34H43F2N6O8P. The molecule has 2 aliphatic rings. The number of anilines is 1. The number of aromatic nitrogens is 4. The van der Waals surface area contributed by atoms with E-state index in [-0.39, 0.29) is 18.2 Å². The zero-order valence-electron chi connectivity index (χ0n) is 29.0. The van der Waals surface area contributed by atoms with E-state index in [4.69, 9.17) is 29.2 Å². The van der Waals surface area contributed by atoms with Crippen LogP contribution in [0.15, 0.2) is 67.3 Å². The minimum Gasteiger partial charge on any atom is -0.488 e. The molecule has 0 bridgehead atoms. The SMILES string of the molecule is CC1(C)O[C@@H]2[C@H](O1)[C@@H](COP(=O)(O)C(F)(F)C(=O)c1ccccc1OCc1ccccc1)O[C@H]2n1cnc2c(N)ncnc21.CCN(CC)CC. The van der Waals surface area contributed by atoms with Gasteiger partial charge in [-0.2, -0.15) is 8.78 Å². The molecule has 14 nitrogen and oxygen atoms in total. The van der Waals surface area contributed by atoms with E-state index in [9.17, 15) is 14.3 Å². The maximum atomic E-state index is 15.4. The third kappa shape index (κ3) is 8.28. The Morgan fingerprint density at radius 3 is 2.33 bits per heavy atom. The number of fused-ring (bicyclic) bond motifs is 2. The number of Topliss-reactive ketones (excluding diaryl/α,β-unsaturated/α-hetero) is 1. The lowest BCUT2D eigenvalue weighted by atomic mass is 10.1. The fourth-order valence-corrected chi connectivity index (χ4v) is 6.69. The average Bonchev–Trinajstić information content (AvgIpc) is 3.79. The van der Waals surface area contributed by atoms with Crippen molar-refractivity contribution in [2.75, 3.05) is 32.0 Å². The number of carbonyl (C=O) groups is 1. The smallest absolute Gasteiger partial charge is 0.407 e. The fraction of sp³-hybridized carbons (Fsp3) is 0.471. The van der Waals surface area contributed by atoms with E-state index >= 15 is 8.78 Å². The van der Waals surface area contributed by atoms with Crippen molar-refractivity contribution in [3.05, 3.63) is 78.4 Å². The van der Waals surface area contributed by atoms with Crippen LogP contribution in [0.25, 0.3) is 11.2 Å². The zero-order chi connectivity index (χ0) is 37.0. The Labute approximate surface area is 294 Å². The molecule has 2 aromatic heterocycles. The lowest BCUT2D eigenvalue weighted by Gasteiger charge is -2.26. The van der Waals surface area contributed by atoms with Crippen molar-refractivity contribution < 1.29 is 46.5 Å². The molecule has 17 heteroatoms. The Morgan fingerprint density at radius 2 is 1.67 bits per heavy atom. The number of nitrogens with zero attached hydrogens (tertiary/aromatic N) is 5. The van der Waals surface area contributed by atoms with Crippen molar-refractivity contribution in [3.63, 3.8) is 0 Å². The summed E-state index contributed by atoms with van der Waals surface area (Å²) in [6, 6.07) is 14.1. The van der Waals surface area contributed by atoms with Gasteiger partial charge in [-0.15, -0.1) is 0 Å². The quantitative estimate of drug-likeness (QED) is 0.132. The number of benzene rings is 2. The molecule has 51 heavy (non-hydrogen) atoms. The first-order chi connectivity index (χ1) is 24.2. The summed E-state index contributed by atoms with van der Waals surface area (Å²) in [5.41, 5.74) is 1.84. The van der Waals surface area contributed by atoms with Gasteiger partial charge in [-0.3, -0.25) is 13.9 Å². The van der Waals surface area contributed by atoms with Gasteiger partial charge in [-0.1, -0.05) is 63.2 Å². The molecule has 0 spiro atoms. The topological polar surface area (TPSA) is 173 Å². The van der Waals surface area contributed by atoms with Gasteiger partial charge in [-0.25, -0.2) is 15.0 Å². The summed E-state index contributed by atoms with van der Waals surface area (Å²) in [5.74, 6) is -3.08. The Kier molecular flexibility index (Phi) is 11.9. The number of imidazole rings is 1. The predicted molar refractivity (Wildman–Crippen MR) is 183 cm³/mol. The fourth-order valence-electron chi connectivity index (χ4n) is 5.81.